The van der Waals surface area contributed by atoms with Crippen LogP contribution in [0.25, 0.3) is 10.9 Å². The second-order valence-corrected chi connectivity index (χ2v) is 6.99. The van der Waals surface area contributed by atoms with Gasteiger partial charge in [0.1, 0.15) is 6.54 Å². The Morgan fingerprint density at radius 1 is 1.29 bits per heavy atom. The minimum atomic E-state index is 0.247. The molecule has 24 heavy (non-hydrogen) atoms. The lowest BCUT2D eigenvalue weighted by atomic mass is 10.0. The summed E-state index contributed by atoms with van der Waals surface area (Å²) >= 11 is 0. The van der Waals surface area contributed by atoms with Gasteiger partial charge in [-0.05, 0) is 64.1 Å². The first-order chi connectivity index (χ1) is 11.6. The van der Waals surface area contributed by atoms with E-state index >= 15 is 0 Å². The van der Waals surface area contributed by atoms with Crippen LogP contribution in [0.1, 0.15) is 43.9 Å². The Bertz CT molecular complexity index is 719. The summed E-state index contributed by atoms with van der Waals surface area (Å²) in [7, 11) is 0. The largest absolute Gasteiger partial charge is 0.338 e. The van der Waals surface area contributed by atoms with Crippen molar-refractivity contribution in [1.82, 2.24) is 9.47 Å². The van der Waals surface area contributed by atoms with Crippen molar-refractivity contribution >= 4 is 16.8 Å². The van der Waals surface area contributed by atoms with Gasteiger partial charge in [0.25, 0.3) is 0 Å². The molecule has 4 nitrogen and oxygen atoms in total. The van der Waals surface area contributed by atoms with Gasteiger partial charge in [-0.3, -0.25) is 4.79 Å². The molecular formula is C20H29N3O. The van der Waals surface area contributed by atoms with Gasteiger partial charge >= 0.3 is 0 Å². The number of nitrogens with zero attached hydrogens (tertiary/aromatic N) is 2. The number of hydrogen-bond donors (Lipinski definition) is 1. The van der Waals surface area contributed by atoms with E-state index in [0.717, 1.165) is 32.2 Å². The number of carbonyl (C=O) groups is 1. The molecule has 130 valence electrons. The third-order valence-electron chi connectivity index (χ3n) is 5.41. The van der Waals surface area contributed by atoms with Gasteiger partial charge in [0.05, 0.1) is 0 Å². The van der Waals surface area contributed by atoms with Gasteiger partial charge in [-0.2, -0.15) is 0 Å². The van der Waals surface area contributed by atoms with Gasteiger partial charge < -0.3 is 15.2 Å². The van der Waals surface area contributed by atoms with E-state index in [2.05, 4.69) is 47.6 Å². The lowest BCUT2D eigenvalue weighted by Crippen LogP contribution is -2.43. The SMILES string of the molecule is Cc1c(CCCN)c2ccccc2n1CC(=O)N1CCCCC1C. The van der Waals surface area contributed by atoms with Crippen LogP contribution in [-0.4, -0.2) is 34.5 Å². The molecule has 0 spiro atoms. The van der Waals surface area contributed by atoms with E-state index in [1.807, 2.05) is 0 Å². The highest BCUT2D eigenvalue weighted by Crippen LogP contribution is 2.27. The molecule has 1 aromatic heterocycles. The van der Waals surface area contributed by atoms with Crippen molar-refractivity contribution in [3.8, 4) is 0 Å². The average Bonchev–Trinajstić information content (AvgIpc) is 2.85. The highest BCUT2D eigenvalue weighted by molar-refractivity contribution is 5.87. The average molecular weight is 327 g/mol. The van der Waals surface area contributed by atoms with Crippen LogP contribution in [0.4, 0.5) is 0 Å². The Morgan fingerprint density at radius 2 is 2.08 bits per heavy atom. The minimum Gasteiger partial charge on any atom is -0.338 e. The zero-order chi connectivity index (χ0) is 17.1. The molecule has 1 aromatic carbocycles. The lowest BCUT2D eigenvalue weighted by molar-refractivity contribution is -0.135. The third-order valence-corrected chi connectivity index (χ3v) is 5.41. The Balaban J connectivity index is 1.91. The van der Waals surface area contributed by atoms with E-state index in [0.29, 0.717) is 19.1 Å². The first-order valence-electron chi connectivity index (χ1n) is 9.19. The summed E-state index contributed by atoms with van der Waals surface area (Å²) in [6.45, 7) is 6.35. The Morgan fingerprint density at radius 3 is 2.83 bits per heavy atom. The number of fused-ring (bicyclic) bond motifs is 1. The van der Waals surface area contributed by atoms with Crippen molar-refractivity contribution in [2.24, 2.45) is 5.73 Å². The predicted octanol–water partition coefficient (Wildman–Crippen LogP) is 3.24. The molecule has 2 N–H and O–H groups in total. The van der Waals surface area contributed by atoms with Gasteiger partial charge in [0, 0.05) is 29.2 Å². The molecular weight excluding hydrogens is 298 g/mol. The number of rotatable bonds is 5. The highest BCUT2D eigenvalue weighted by Gasteiger charge is 2.24. The maximum atomic E-state index is 12.9. The molecule has 1 amide bonds. The van der Waals surface area contributed by atoms with E-state index in [4.69, 9.17) is 5.73 Å². The number of carbonyl (C=O) groups excluding carboxylic acids is 1. The summed E-state index contributed by atoms with van der Waals surface area (Å²) in [5.41, 5.74) is 9.42. The molecule has 1 aliphatic rings. The molecule has 4 heteroatoms. The fourth-order valence-electron chi connectivity index (χ4n) is 4.00. The number of aromatic nitrogens is 1. The second-order valence-electron chi connectivity index (χ2n) is 6.99. The molecule has 1 atom stereocenters. The summed E-state index contributed by atoms with van der Waals surface area (Å²) in [6.07, 6.45) is 5.44. The van der Waals surface area contributed by atoms with Gasteiger partial charge in [-0.15, -0.1) is 0 Å². The van der Waals surface area contributed by atoms with Gasteiger partial charge in [0.15, 0.2) is 0 Å². The zero-order valence-electron chi connectivity index (χ0n) is 14.9. The Kier molecular flexibility index (Phi) is 5.24. The van der Waals surface area contributed by atoms with E-state index in [1.54, 1.807) is 0 Å². The minimum absolute atomic E-state index is 0.247. The summed E-state index contributed by atoms with van der Waals surface area (Å²) in [5, 5.41) is 1.27. The quantitative estimate of drug-likeness (QED) is 0.916. The standard InChI is InChI=1S/C20H29N3O/c1-15-8-5-6-13-22(15)20(24)14-23-16(2)17(10-7-12-21)18-9-3-4-11-19(18)23/h3-4,9,11,15H,5-8,10,12-14,21H2,1-2H3. The number of piperidine rings is 1. The van der Waals surface area contributed by atoms with Crippen LogP contribution in [0.5, 0.6) is 0 Å². The summed E-state index contributed by atoms with van der Waals surface area (Å²) in [5.74, 6) is 0.247. The van der Waals surface area contributed by atoms with Crippen LogP contribution in [0.2, 0.25) is 0 Å². The maximum absolute atomic E-state index is 12.9. The first kappa shape index (κ1) is 17.0. The number of nitrogens with two attached hydrogens (primary N) is 1. The van der Waals surface area contributed by atoms with Crippen molar-refractivity contribution in [2.75, 3.05) is 13.1 Å². The van der Waals surface area contributed by atoms with Crippen LogP contribution in [0, 0.1) is 6.92 Å². The first-order valence-corrected chi connectivity index (χ1v) is 9.19. The molecule has 1 aliphatic heterocycles. The second kappa shape index (κ2) is 7.39. The van der Waals surface area contributed by atoms with E-state index in [1.165, 1.54) is 28.6 Å². The number of amides is 1. The zero-order valence-corrected chi connectivity index (χ0v) is 14.9. The van der Waals surface area contributed by atoms with Gasteiger partial charge in [0.2, 0.25) is 5.91 Å². The summed E-state index contributed by atoms with van der Waals surface area (Å²) in [6, 6.07) is 8.79. The molecule has 1 saturated heterocycles. The molecule has 0 radical (unpaired) electrons. The van der Waals surface area contributed by atoms with Crippen molar-refractivity contribution in [3.63, 3.8) is 0 Å². The van der Waals surface area contributed by atoms with Crippen LogP contribution in [0.15, 0.2) is 24.3 Å². The van der Waals surface area contributed by atoms with Crippen molar-refractivity contribution in [1.29, 1.82) is 0 Å². The molecule has 3 rings (SSSR count). The van der Waals surface area contributed by atoms with Gasteiger partial charge in [-0.25, -0.2) is 0 Å². The highest BCUT2D eigenvalue weighted by atomic mass is 16.2. The molecule has 0 saturated carbocycles. The van der Waals surface area contributed by atoms with Crippen molar-refractivity contribution < 1.29 is 4.79 Å². The van der Waals surface area contributed by atoms with Crippen molar-refractivity contribution in [2.45, 2.75) is 58.5 Å². The van der Waals surface area contributed by atoms with E-state index < -0.39 is 0 Å². The van der Waals surface area contributed by atoms with Crippen LogP contribution >= 0.6 is 0 Å². The molecule has 1 unspecified atom stereocenters. The summed E-state index contributed by atoms with van der Waals surface area (Å²) < 4.78 is 2.20. The Labute approximate surface area is 144 Å². The number of likely N-dealkylation sites (tertiary alicyclic amines) is 1. The van der Waals surface area contributed by atoms with Crippen LogP contribution in [-0.2, 0) is 17.8 Å². The van der Waals surface area contributed by atoms with E-state index in [9.17, 15) is 4.79 Å². The van der Waals surface area contributed by atoms with Gasteiger partial charge in [-0.1, -0.05) is 18.2 Å². The molecule has 2 aromatic rings. The van der Waals surface area contributed by atoms with Crippen LogP contribution < -0.4 is 5.73 Å². The number of benzene rings is 1. The monoisotopic (exact) mass is 327 g/mol. The van der Waals surface area contributed by atoms with E-state index in [-0.39, 0.29) is 5.91 Å². The number of hydrogen-bond acceptors (Lipinski definition) is 2. The molecule has 2 heterocycles. The number of para-hydroxylation sites is 1. The van der Waals surface area contributed by atoms with Crippen LogP contribution in [0.3, 0.4) is 0 Å². The molecule has 0 bridgehead atoms. The maximum Gasteiger partial charge on any atom is 0.242 e. The lowest BCUT2D eigenvalue weighted by Gasteiger charge is -2.33. The topological polar surface area (TPSA) is 51.3 Å². The molecule has 0 aliphatic carbocycles. The summed E-state index contributed by atoms with van der Waals surface area (Å²) in [4.78, 5) is 14.9. The van der Waals surface area contributed by atoms with Crippen molar-refractivity contribution in [3.05, 3.63) is 35.5 Å². The fraction of sp³-hybridized carbons (Fsp3) is 0.550. The fourth-order valence-corrected chi connectivity index (χ4v) is 4.00. The number of aryl methyl sites for hydroxylation is 1. The third kappa shape index (κ3) is 3.20. The smallest absolute Gasteiger partial charge is 0.242 e. The molecule has 1 fully saturated rings. The predicted molar refractivity (Wildman–Crippen MR) is 99.1 cm³/mol. The normalized spacial score (nSPS) is 18.3. The Hall–Kier alpha value is -1.81.